The minimum atomic E-state index is -0.323. The lowest BCUT2D eigenvalue weighted by Gasteiger charge is -2.26. The first-order valence-corrected chi connectivity index (χ1v) is 8.96. The lowest BCUT2D eigenvalue weighted by atomic mass is 9.92. The van der Waals surface area contributed by atoms with Crippen LogP contribution in [0.4, 0.5) is 0 Å². The molecule has 2 unspecified atom stereocenters. The molecule has 0 amide bonds. The van der Waals surface area contributed by atoms with Gasteiger partial charge in [0, 0.05) is 19.3 Å². The molecule has 0 radical (unpaired) electrons. The van der Waals surface area contributed by atoms with Crippen LogP contribution in [0.5, 0.6) is 0 Å². The Hall–Kier alpha value is -0.590. The fraction of sp³-hybridized carbons (Fsp3) is 0.944. The zero-order valence-electron chi connectivity index (χ0n) is 14.3. The van der Waals surface area contributed by atoms with E-state index in [4.69, 9.17) is 4.74 Å². The van der Waals surface area contributed by atoms with Crippen LogP contribution in [0.2, 0.25) is 0 Å². The summed E-state index contributed by atoms with van der Waals surface area (Å²) in [7, 11) is 0. The molecule has 1 fully saturated rings. The quantitative estimate of drug-likeness (QED) is 0.511. The molecule has 1 N–H and O–H groups in total. The van der Waals surface area contributed by atoms with Gasteiger partial charge in [-0.15, -0.1) is 0 Å². The molecule has 0 aromatic rings. The van der Waals surface area contributed by atoms with E-state index >= 15 is 0 Å². The monoisotopic (exact) mass is 294 g/mol. The van der Waals surface area contributed by atoms with Crippen LogP contribution >= 0.6 is 0 Å². The van der Waals surface area contributed by atoms with Crippen LogP contribution in [0.25, 0.3) is 0 Å². The Balaban J connectivity index is 2.17. The van der Waals surface area contributed by atoms with E-state index in [1.165, 1.54) is 38.5 Å². The van der Waals surface area contributed by atoms with Crippen LogP contribution in [-0.2, 0) is 4.74 Å². The first-order chi connectivity index (χ1) is 10.2. The van der Waals surface area contributed by atoms with E-state index in [2.05, 4.69) is 32.2 Å². The Bertz CT molecular complexity index is 309. The van der Waals surface area contributed by atoms with Gasteiger partial charge in [0.2, 0.25) is 0 Å². The van der Waals surface area contributed by atoms with Crippen LogP contribution in [0.1, 0.15) is 78.6 Å². The normalized spacial score (nSPS) is 19.0. The number of nitriles is 1. The molecule has 0 aliphatic heterocycles. The zero-order valence-corrected chi connectivity index (χ0v) is 14.3. The summed E-state index contributed by atoms with van der Waals surface area (Å²) >= 11 is 0. The fourth-order valence-electron chi connectivity index (χ4n) is 2.76. The first-order valence-electron chi connectivity index (χ1n) is 8.96. The fourth-order valence-corrected chi connectivity index (χ4v) is 2.76. The molecule has 1 aliphatic carbocycles. The summed E-state index contributed by atoms with van der Waals surface area (Å²) in [6, 6.07) is 3.10. The van der Waals surface area contributed by atoms with Gasteiger partial charge in [0.1, 0.15) is 5.54 Å². The van der Waals surface area contributed by atoms with Gasteiger partial charge in [-0.3, -0.25) is 5.32 Å². The highest BCUT2D eigenvalue weighted by atomic mass is 16.5. The Labute approximate surface area is 131 Å². The molecule has 0 bridgehead atoms. The van der Waals surface area contributed by atoms with E-state index in [1.807, 2.05) is 0 Å². The lowest BCUT2D eigenvalue weighted by Crippen LogP contribution is -2.44. The molecule has 0 aromatic carbocycles. The third-order valence-corrected chi connectivity index (χ3v) is 4.66. The summed E-state index contributed by atoms with van der Waals surface area (Å²) in [5, 5.41) is 13.0. The molecule has 0 saturated heterocycles. The maximum Gasteiger partial charge on any atom is 0.106 e. The van der Waals surface area contributed by atoms with Crippen molar-refractivity contribution in [3.05, 3.63) is 0 Å². The van der Waals surface area contributed by atoms with Crippen molar-refractivity contribution in [3.63, 3.8) is 0 Å². The number of nitrogens with zero attached hydrogens (tertiary/aromatic N) is 1. The molecule has 3 nitrogen and oxygen atoms in total. The molecule has 0 spiro atoms. The first kappa shape index (κ1) is 18.5. The minimum Gasteiger partial charge on any atom is -0.381 e. The average molecular weight is 294 g/mol. The third kappa shape index (κ3) is 7.29. The van der Waals surface area contributed by atoms with Gasteiger partial charge in [0.05, 0.1) is 6.07 Å². The number of hydrogen-bond donors (Lipinski definition) is 1. The molecule has 1 rings (SSSR count). The largest absolute Gasteiger partial charge is 0.381 e. The van der Waals surface area contributed by atoms with E-state index < -0.39 is 0 Å². The maximum absolute atomic E-state index is 9.48. The number of nitrogens with one attached hydrogen (secondary N) is 1. The van der Waals surface area contributed by atoms with Gasteiger partial charge < -0.3 is 4.74 Å². The zero-order chi connectivity index (χ0) is 15.6. The van der Waals surface area contributed by atoms with Gasteiger partial charge in [0.25, 0.3) is 0 Å². The highest BCUT2D eigenvalue weighted by Crippen LogP contribution is 2.26. The summed E-state index contributed by atoms with van der Waals surface area (Å²) in [6.45, 7) is 8.28. The lowest BCUT2D eigenvalue weighted by molar-refractivity contribution is 0.0876. The van der Waals surface area contributed by atoms with Crippen LogP contribution in [-0.4, -0.2) is 24.8 Å². The van der Waals surface area contributed by atoms with Gasteiger partial charge in [-0.2, -0.15) is 5.26 Å². The van der Waals surface area contributed by atoms with Crippen molar-refractivity contribution in [2.45, 2.75) is 90.1 Å². The van der Waals surface area contributed by atoms with E-state index in [9.17, 15) is 5.26 Å². The van der Waals surface area contributed by atoms with Crippen LogP contribution in [0, 0.1) is 17.2 Å². The maximum atomic E-state index is 9.48. The van der Waals surface area contributed by atoms with Crippen LogP contribution < -0.4 is 5.32 Å². The molecule has 21 heavy (non-hydrogen) atoms. The van der Waals surface area contributed by atoms with Crippen LogP contribution in [0.15, 0.2) is 0 Å². The highest BCUT2D eigenvalue weighted by Gasteiger charge is 2.34. The third-order valence-electron chi connectivity index (χ3n) is 4.66. The molecule has 0 heterocycles. The number of rotatable bonds is 13. The summed E-state index contributed by atoms with van der Waals surface area (Å²) < 4.78 is 5.85. The Kier molecular flexibility index (Phi) is 8.96. The SMILES string of the molecule is CCCCC(CC)COCCCC(C#N)(CC)NC1CC1. The second-order valence-corrected chi connectivity index (χ2v) is 6.56. The molecule has 3 heteroatoms. The van der Waals surface area contributed by atoms with Crippen molar-refractivity contribution in [2.24, 2.45) is 5.92 Å². The van der Waals surface area contributed by atoms with E-state index in [0.717, 1.165) is 32.5 Å². The highest BCUT2D eigenvalue weighted by molar-refractivity contribution is 5.09. The molecular weight excluding hydrogens is 260 g/mol. The Morgan fingerprint density at radius 2 is 2.05 bits per heavy atom. The van der Waals surface area contributed by atoms with E-state index in [0.29, 0.717) is 12.0 Å². The minimum absolute atomic E-state index is 0.323. The molecule has 1 aliphatic rings. The second kappa shape index (κ2) is 10.2. The standard InChI is InChI=1S/C18H34N2O/c1-4-7-9-16(5-2)14-21-13-8-12-18(6-3,15-19)20-17-10-11-17/h16-17,20H,4-14H2,1-3H3. The van der Waals surface area contributed by atoms with Gasteiger partial charge in [0.15, 0.2) is 0 Å². The van der Waals surface area contributed by atoms with Crippen molar-refractivity contribution in [1.29, 1.82) is 5.26 Å². The summed E-state index contributed by atoms with van der Waals surface area (Å²) in [5.41, 5.74) is -0.323. The average Bonchev–Trinajstić information content (AvgIpc) is 3.32. The smallest absolute Gasteiger partial charge is 0.106 e. The summed E-state index contributed by atoms with van der Waals surface area (Å²) in [6.07, 6.45) is 10.3. The Morgan fingerprint density at radius 1 is 1.29 bits per heavy atom. The molecular formula is C18H34N2O. The Morgan fingerprint density at radius 3 is 2.57 bits per heavy atom. The van der Waals surface area contributed by atoms with Gasteiger partial charge in [-0.1, -0.05) is 40.0 Å². The van der Waals surface area contributed by atoms with Crippen LogP contribution in [0.3, 0.4) is 0 Å². The number of hydrogen-bond acceptors (Lipinski definition) is 3. The second-order valence-electron chi connectivity index (χ2n) is 6.56. The molecule has 1 saturated carbocycles. The molecule has 0 aromatic heterocycles. The van der Waals surface area contributed by atoms with E-state index in [1.54, 1.807) is 0 Å². The van der Waals surface area contributed by atoms with Crippen molar-refractivity contribution < 1.29 is 4.74 Å². The van der Waals surface area contributed by atoms with E-state index in [-0.39, 0.29) is 5.54 Å². The number of ether oxygens (including phenoxy) is 1. The predicted molar refractivity (Wildman–Crippen MR) is 88.2 cm³/mol. The van der Waals surface area contributed by atoms with Gasteiger partial charge in [-0.25, -0.2) is 0 Å². The molecule has 122 valence electrons. The summed E-state index contributed by atoms with van der Waals surface area (Å²) in [5.74, 6) is 0.710. The topological polar surface area (TPSA) is 45.0 Å². The van der Waals surface area contributed by atoms with Crippen molar-refractivity contribution >= 4 is 0 Å². The van der Waals surface area contributed by atoms with Gasteiger partial charge in [-0.05, 0) is 44.4 Å². The van der Waals surface area contributed by atoms with Crippen molar-refractivity contribution in [1.82, 2.24) is 5.32 Å². The number of unbranched alkanes of at least 4 members (excludes halogenated alkanes) is 1. The predicted octanol–water partition coefficient (Wildman–Crippen LogP) is 4.42. The van der Waals surface area contributed by atoms with Crippen molar-refractivity contribution in [2.75, 3.05) is 13.2 Å². The summed E-state index contributed by atoms with van der Waals surface area (Å²) in [4.78, 5) is 0. The van der Waals surface area contributed by atoms with Crippen molar-refractivity contribution in [3.8, 4) is 6.07 Å². The molecule has 2 atom stereocenters. The van der Waals surface area contributed by atoms with Gasteiger partial charge >= 0.3 is 0 Å².